The van der Waals surface area contributed by atoms with E-state index < -0.39 is 29.6 Å². The summed E-state index contributed by atoms with van der Waals surface area (Å²) in [5.41, 5.74) is 0. The van der Waals surface area contributed by atoms with Gasteiger partial charge in [0.05, 0.1) is 0 Å². The van der Waals surface area contributed by atoms with Gasteiger partial charge in [0.25, 0.3) is 0 Å². The van der Waals surface area contributed by atoms with Gasteiger partial charge < -0.3 is 14.7 Å². The van der Waals surface area contributed by atoms with Crippen LogP contribution in [0.25, 0.3) is 0 Å². The first-order valence-electron chi connectivity index (χ1n) is 3.46. The van der Waals surface area contributed by atoms with Crippen LogP contribution in [0.2, 0.25) is 7.86 Å². The Labute approximate surface area is 105 Å². The fourth-order valence-electron chi connectivity index (χ4n) is 0.354. The van der Waals surface area contributed by atoms with E-state index in [-0.39, 0.29) is 27.7 Å². The van der Waals surface area contributed by atoms with E-state index in [1.54, 1.807) is 0 Å². The van der Waals surface area contributed by atoms with Gasteiger partial charge in [-0.3, -0.25) is 0 Å². The molecular weight excluding hydrogens is 580 g/mol. The summed E-state index contributed by atoms with van der Waals surface area (Å²) < 4.78 is 11.5. The third-order valence-electron chi connectivity index (χ3n) is 1.09. The van der Waals surface area contributed by atoms with Crippen LogP contribution >= 0.6 is 16.1 Å². The summed E-state index contributed by atoms with van der Waals surface area (Å²) >= 11 is -1.42. The first kappa shape index (κ1) is 19.8. The van der Waals surface area contributed by atoms with Crippen molar-refractivity contribution in [2.45, 2.75) is 21.7 Å². The van der Waals surface area contributed by atoms with Crippen molar-refractivity contribution in [3.63, 3.8) is 0 Å². The average Bonchev–Trinajstić information content (AvgIpc) is 1.83. The van der Waals surface area contributed by atoms with Gasteiger partial charge in [-0.2, -0.15) is 0 Å². The molecule has 69 valence electrons. The van der Waals surface area contributed by atoms with Gasteiger partial charge >= 0.3 is 59.6 Å². The maximum Gasteiger partial charge on any atom is 0.466 e. The molecule has 12 heavy (non-hydrogen) atoms. The SMILES string of the molecule is C[CH2][Hg]([Cl])[CH2]C.O=P(O)(O)O.[Hg]. The van der Waals surface area contributed by atoms with E-state index >= 15 is 0 Å². The zero-order valence-corrected chi connectivity index (χ0v) is 20.0. The Morgan fingerprint density at radius 2 is 1.42 bits per heavy atom. The number of hydrogen-bond donors (Lipinski definition) is 3. The van der Waals surface area contributed by atoms with Crippen LogP contribution in [0.4, 0.5) is 0 Å². The first-order valence-corrected chi connectivity index (χ1v) is 19.6. The molecule has 0 aliphatic heterocycles. The summed E-state index contributed by atoms with van der Waals surface area (Å²) in [4.78, 5) is 21.6. The maximum atomic E-state index is 8.88. The molecule has 0 saturated heterocycles. The van der Waals surface area contributed by atoms with Crippen molar-refractivity contribution in [3.05, 3.63) is 0 Å². The van der Waals surface area contributed by atoms with Crippen LogP contribution in [0, 0.1) is 0 Å². The van der Waals surface area contributed by atoms with E-state index in [0.29, 0.717) is 0 Å². The molecule has 0 amide bonds. The van der Waals surface area contributed by atoms with Crippen molar-refractivity contribution in [1.29, 1.82) is 0 Å². The van der Waals surface area contributed by atoms with E-state index in [0.717, 1.165) is 0 Å². The minimum absolute atomic E-state index is 0. The molecule has 0 atom stereocenters. The molecule has 8 heteroatoms. The summed E-state index contributed by atoms with van der Waals surface area (Å²) in [6.45, 7) is 4.40. The largest absolute Gasteiger partial charge is 0.466 e. The summed E-state index contributed by atoms with van der Waals surface area (Å²) in [7, 11) is 1.24. The zero-order valence-electron chi connectivity index (χ0n) is 7.40. The second kappa shape index (κ2) is 11.3. The van der Waals surface area contributed by atoms with Gasteiger partial charge in [-0.05, 0) is 0 Å². The topological polar surface area (TPSA) is 77.8 Å². The van der Waals surface area contributed by atoms with E-state index in [2.05, 4.69) is 13.8 Å². The van der Waals surface area contributed by atoms with Gasteiger partial charge in [-0.15, -0.1) is 0 Å². The third kappa shape index (κ3) is 39.6. The Morgan fingerprint density at radius 1 is 1.25 bits per heavy atom. The Bertz CT molecular complexity index is 118. The minimum atomic E-state index is -4.64. The van der Waals surface area contributed by atoms with Crippen molar-refractivity contribution in [3.8, 4) is 0 Å². The fraction of sp³-hybridized carbons (Fsp3) is 1.00. The Morgan fingerprint density at radius 3 is 1.42 bits per heavy atom. The summed E-state index contributed by atoms with van der Waals surface area (Å²) in [5, 5.41) is 0. The smallest absolute Gasteiger partial charge is 0.303 e. The molecule has 0 bridgehead atoms. The van der Waals surface area contributed by atoms with Crippen LogP contribution in [0.15, 0.2) is 0 Å². The van der Waals surface area contributed by atoms with Crippen LogP contribution in [-0.2, 0) is 54.0 Å². The normalized spacial score (nSPS) is 9.17. The molecule has 0 aromatic carbocycles. The van der Waals surface area contributed by atoms with Crippen LogP contribution in [0.1, 0.15) is 13.8 Å². The molecule has 0 radical (unpaired) electrons. The quantitative estimate of drug-likeness (QED) is 0.337. The van der Waals surface area contributed by atoms with Crippen LogP contribution in [0.5, 0.6) is 0 Å². The minimum Gasteiger partial charge on any atom is -0.303 e. The summed E-state index contributed by atoms with van der Waals surface area (Å²) in [5.74, 6) is 0. The van der Waals surface area contributed by atoms with Gasteiger partial charge in [-0.1, -0.05) is 0 Å². The van der Waals surface area contributed by atoms with Crippen molar-refractivity contribution in [2.75, 3.05) is 0 Å². The van der Waals surface area contributed by atoms with E-state index in [1.807, 2.05) is 0 Å². The molecule has 0 aliphatic carbocycles. The molecule has 0 rings (SSSR count). The van der Waals surface area contributed by atoms with Gasteiger partial charge in [-0.25, -0.2) is 4.57 Å². The van der Waals surface area contributed by atoms with Gasteiger partial charge in [0.15, 0.2) is 0 Å². The van der Waals surface area contributed by atoms with Crippen molar-refractivity contribution in [1.82, 2.24) is 0 Å². The molecule has 0 heterocycles. The number of hydrogen-bond acceptors (Lipinski definition) is 1. The molecular formula is C4H13ClHg2O4P. The molecule has 0 aromatic rings. The van der Waals surface area contributed by atoms with E-state index in [1.165, 1.54) is 7.86 Å². The first-order chi connectivity index (χ1) is 4.81. The van der Waals surface area contributed by atoms with Crippen molar-refractivity contribution >= 4 is 16.1 Å². The third-order valence-corrected chi connectivity index (χ3v) is 16.2. The Balaban J connectivity index is -0.000000126. The molecule has 3 N–H and O–H groups in total. The average molecular weight is 593 g/mol. The molecule has 0 aliphatic rings. The van der Waals surface area contributed by atoms with Crippen LogP contribution in [0.3, 0.4) is 0 Å². The summed E-state index contributed by atoms with van der Waals surface area (Å²) in [6.07, 6.45) is 0. The second-order valence-electron chi connectivity index (χ2n) is 2.24. The molecule has 0 fully saturated rings. The predicted molar refractivity (Wildman–Crippen MR) is 41.1 cm³/mol. The maximum absolute atomic E-state index is 8.88. The Kier molecular flexibility index (Phi) is 18.7. The molecule has 0 aromatic heterocycles. The monoisotopic (exact) mass is 595 g/mol. The predicted octanol–water partition coefficient (Wildman–Crippen LogP) is 1.70. The van der Waals surface area contributed by atoms with Crippen LogP contribution in [-0.4, -0.2) is 14.7 Å². The summed E-state index contributed by atoms with van der Waals surface area (Å²) in [6, 6.07) is 0. The van der Waals surface area contributed by atoms with Crippen molar-refractivity contribution < 1.29 is 68.7 Å². The molecule has 4 nitrogen and oxygen atoms in total. The number of rotatable bonds is 2. The fourth-order valence-corrected chi connectivity index (χ4v) is 3.10. The Hall–Kier alpha value is 2.27. The standard InChI is InChI=1S/2C2H5.ClH.2Hg.H3O4P/c2*1-2;;;;1-5(2,3)4/h2*1H2,2H3;1H;;;(H3,1,2,3,4)/q;;;;+1;/p-1. The number of halogens is 1. The number of phosphoric acid groups is 1. The van der Waals surface area contributed by atoms with Gasteiger partial charge in [0.1, 0.15) is 0 Å². The van der Waals surface area contributed by atoms with E-state index in [4.69, 9.17) is 27.5 Å². The van der Waals surface area contributed by atoms with Crippen LogP contribution < -0.4 is 0 Å². The zero-order chi connectivity index (χ0) is 9.49. The molecule has 0 saturated carbocycles. The molecule has 0 spiro atoms. The second-order valence-corrected chi connectivity index (χ2v) is 23.4. The molecule has 0 unspecified atom stereocenters. The van der Waals surface area contributed by atoms with Gasteiger partial charge in [0.2, 0.25) is 0 Å². The van der Waals surface area contributed by atoms with E-state index in [9.17, 15) is 0 Å². The van der Waals surface area contributed by atoms with Crippen molar-refractivity contribution in [2.24, 2.45) is 0 Å². The van der Waals surface area contributed by atoms with Gasteiger partial charge in [0, 0.05) is 27.7 Å².